The van der Waals surface area contributed by atoms with Gasteiger partial charge in [-0.3, -0.25) is 0 Å². The van der Waals surface area contributed by atoms with Crippen LogP contribution in [0.15, 0.2) is 28.7 Å². The highest BCUT2D eigenvalue weighted by molar-refractivity contribution is 7.91. The van der Waals surface area contributed by atoms with Crippen molar-refractivity contribution in [2.24, 2.45) is 4.40 Å². The lowest BCUT2D eigenvalue weighted by atomic mass is 9.98. The summed E-state index contributed by atoms with van der Waals surface area (Å²) in [5.41, 5.74) is -4.87. The number of benzene rings is 1. The van der Waals surface area contributed by atoms with Crippen molar-refractivity contribution in [3.8, 4) is 0 Å². The topological polar surface area (TPSA) is 69.6 Å². The smallest absolute Gasteiger partial charge is 0.518 e. The van der Waals surface area contributed by atoms with Crippen molar-refractivity contribution in [1.29, 1.82) is 0 Å². The first-order chi connectivity index (χ1) is 9.08. The molecule has 0 saturated carbocycles. The van der Waals surface area contributed by atoms with Crippen molar-refractivity contribution >= 4 is 15.9 Å². The Morgan fingerprint density at radius 2 is 1.80 bits per heavy atom. The van der Waals surface area contributed by atoms with Gasteiger partial charge in [-0.05, 0) is 23.5 Å². The summed E-state index contributed by atoms with van der Waals surface area (Å²) in [7, 11) is -5.80. The first kappa shape index (κ1) is 16.5. The van der Waals surface area contributed by atoms with Gasteiger partial charge in [0.15, 0.2) is 0 Å². The lowest BCUT2D eigenvalue weighted by Gasteiger charge is -2.14. The second kappa shape index (κ2) is 5.82. The van der Waals surface area contributed by atoms with Gasteiger partial charge >= 0.3 is 15.5 Å². The highest BCUT2D eigenvalue weighted by atomic mass is 32.2. The Labute approximate surface area is 115 Å². The van der Waals surface area contributed by atoms with Crippen molar-refractivity contribution in [3.63, 3.8) is 0 Å². The first-order valence-corrected chi connectivity index (χ1v) is 7.21. The van der Waals surface area contributed by atoms with E-state index in [1.165, 1.54) is 12.1 Å². The van der Waals surface area contributed by atoms with Crippen LogP contribution in [0.3, 0.4) is 0 Å². The van der Waals surface area contributed by atoms with E-state index in [2.05, 4.69) is 4.40 Å². The molecular weight excluding hydrogens is 295 g/mol. The summed E-state index contributed by atoms with van der Waals surface area (Å²) in [4.78, 5) is 0. The molecule has 0 heterocycles. The third-order valence-electron chi connectivity index (χ3n) is 2.83. The minimum Gasteiger partial charge on any atom is -0.858 e. The molecule has 20 heavy (non-hydrogen) atoms. The van der Waals surface area contributed by atoms with Gasteiger partial charge in [-0.15, -0.1) is 0 Å². The lowest BCUT2D eigenvalue weighted by molar-refractivity contribution is -0.212. The van der Waals surface area contributed by atoms with Crippen LogP contribution in [0.1, 0.15) is 37.3 Å². The van der Waals surface area contributed by atoms with Crippen molar-refractivity contribution < 1.29 is 26.7 Å². The minimum absolute atomic E-state index is 0.204. The third-order valence-corrected chi connectivity index (χ3v) is 3.83. The maximum atomic E-state index is 12.1. The number of rotatable bonds is 4. The normalized spacial score (nSPS) is 15.2. The van der Waals surface area contributed by atoms with Gasteiger partial charge in [-0.2, -0.15) is 26.0 Å². The Morgan fingerprint density at radius 3 is 2.20 bits per heavy atom. The molecule has 1 aromatic rings. The average Bonchev–Trinajstić information content (AvgIpc) is 2.36. The highest BCUT2D eigenvalue weighted by Crippen LogP contribution is 2.25. The van der Waals surface area contributed by atoms with Crippen LogP contribution in [0.4, 0.5) is 13.2 Å². The van der Waals surface area contributed by atoms with E-state index < -0.39 is 21.4 Å². The molecular formula is C12H13F3NO3S-. The molecule has 1 atom stereocenters. The van der Waals surface area contributed by atoms with Crippen LogP contribution in [0.25, 0.3) is 0 Å². The molecule has 0 aliphatic rings. The Balaban J connectivity index is 3.08. The molecule has 1 rings (SSSR count). The van der Waals surface area contributed by atoms with E-state index in [1.807, 2.05) is 13.8 Å². The third kappa shape index (κ3) is 3.72. The maximum Gasteiger partial charge on any atom is 0.518 e. The quantitative estimate of drug-likeness (QED) is 0.632. The molecule has 0 saturated heterocycles. The second-order valence-corrected chi connectivity index (χ2v) is 5.84. The molecule has 0 radical (unpaired) electrons. The van der Waals surface area contributed by atoms with Crippen LogP contribution < -0.4 is 5.11 Å². The van der Waals surface area contributed by atoms with E-state index in [0.29, 0.717) is 0 Å². The molecule has 0 aliphatic carbocycles. The predicted octanol–water partition coefficient (Wildman–Crippen LogP) is 2.16. The predicted molar refractivity (Wildman–Crippen MR) is 66.7 cm³/mol. The monoisotopic (exact) mass is 308 g/mol. The molecule has 0 bridgehead atoms. The SMILES string of the molecule is CCC(C)c1ccc(/C([O-])=N/S(=O)(=O)C(F)(F)F)cc1. The van der Waals surface area contributed by atoms with Gasteiger partial charge in [0.25, 0.3) is 0 Å². The molecule has 0 spiro atoms. The van der Waals surface area contributed by atoms with Gasteiger partial charge in [0.05, 0.1) is 0 Å². The average molecular weight is 308 g/mol. The van der Waals surface area contributed by atoms with Crippen molar-refractivity contribution in [1.82, 2.24) is 0 Å². The molecule has 0 aliphatic heterocycles. The molecule has 1 unspecified atom stereocenters. The van der Waals surface area contributed by atoms with Gasteiger partial charge in [-0.25, -0.2) is 0 Å². The Morgan fingerprint density at radius 1 is 1.30 bits per heavy atom. The number of sulfonamides is 1. The fourth-order valence-corrected chi connectivity index (χ4v) is 1.83. The van der Waals surface area contributed by atoms with Gasteiger partial charge < -0.3 is 5.11 Å². The van der Waals surface area contributed by atoms with Crippen molar-refractivity contribution in [2.75, 3.05) is 0 Å². The molecule has 8 heteroatoms. The number of hydrogen-bond acceptors (Lipinski definition) is 3. The summed E-state index contributed by atoms with van der Waals surface area (Å²) in [5.74, 6) is -1.20. The van der Waals surface area contributed by atoms with E-state index >= 15 is 0 Å². The van der Waals surface area contributed by atoms with E-state index in [-0.39, 0.29) is 11.5 Å². The van der Waals surface area contributed by atoms with E-state index in [4.69, 9.17) is 0 Å². The number of hydrogen-bond donors (Lipinski definition) is 0. The minimum atomic E-state index is -5.80. The van der Waals surface area contributed by atoms with Crippen molar-refractivity contribution in [2.45, 2.75) is 31.7 Å². The fraction of sp³-hybridized carbons (Fsp3) is 0.417. The lowest BCUT2D eigenvalue weighted by Crippen LogP contribution is -2.27. The zero-order chi connectivity index (χ0) is 15.6. The van der Waals surface area contributed by atoms with Crippen molar-refractivity contribution in [3.05, 3.63) is 35.4 Å². The zero-order valence-corrected chi connectivity index (χ0v) is 11.6. The number of alkyl halides is 3. The van der Waals surface area contributed by atoms with Crippen LogP contribution in [-0.2, 0) is 10.0 Å². The summed E-state index contributed by atoms with van der Waals surface area (Å²) in [6.45, 7) is 3.92. The fourth-order valence-electron chi connectivity index (χ4n) is 1.40. The standard InChI is InChI=1S/C12H14F3NO3S/c1-3-8(2)9-4-6-10(7-5-9)11(17)16-20(18,19)12(13,14)15/h4-8H,3H2,1-2H3,(H,16,17)/p-1. The van der Waals surface area contributed by atoms with E-state index in [1.54, 1.807) is 12.1 Å². The molecule has 1 aromatic carbocycles. The highest BCUT2D eigenvalue weighted by Gasteiger charge is 2.45. The van der Waals surface area contributed by atoms with Crippen LogP contribution in [0.2, 0.25) is 0 Å². The van der Waals surface area contributed by atoms with Gasteiger partial charge in [0.1, 0.15) is 0 Å². The first-order valence-electron chi connectivity index (χ1n) is 5.77. The van der Waals surface area contributed by atoms with Crippen LogP contribution in [0, 0.1) is 0 Å². The Hall–Kier alpha value is -1.57. The summed E-state index contributed by atoms with van der Waals surface area (Å²) in [5, 5.41) is 11.4. The molecule has 0 N–H and O–H groups in total. The van der Waals surface area contributed by atoms with Crippen LogP contribution >= 0.6 is 0 Å². The summed E-state index contributed by atoms with van der Waals surface area (Å²) >= 11 is 0. The van der Waals surface area contributed by atoms with Gasteiger partial charge in [0.2, 0.25) is 0 Å². The van der Waals surface area contributed by atoms with E-state index in [0.717, 1.165) is 12.0 Å². The second-order valence-electron chi connectivity index (χ2n) is 4.25. The molecule has 4 nitrogen and oxygen atoms in total. The summed E-state index contributed by atoms with van der Waals surface area (Å²) in [6, 6.07) is 5.66. The van der Waals surface area contributed by atoms with Crippen LogP contribution in [-0.4, -0.2) is 19.8 Å². The zero-order valence-electron chi connectivity index (χ0n) is 10.8. The number of halogens is 3. The molecule has 0 fully saturated rings. The maximum absolute atomic E-state index is 12.1. The molecule has 112 valence electrons. The van der Waals surface area contributed by atoms with E-state index in [9.17, 15) is 26.7 Å². The van der Waals surface area contributed by atoms with Gasteiger partial charge in [0, 0.05) is 5.90 Å². The van der Waals surface area contributed by atoms with Crippen LogP contribution in [0.5, 0.6) is 0 Å². The van der Waals surface area contributed by atoms with Gasteiger partial charge in [-0.1, -0.05) is 38.1 Å². The Kier molecular flexibility index (Phi) is 4.80. The number of nitrogens with zero attached hydrogens (tertiary/aromatic N) is 1. The summed E-state index contributed by atoms with van der Waals surface area (Å²) in [6.07, 6.45) is 0.861. The largest absolute Gasteiger partial charge is 0.858 e. The summed E-state index contributed by atoms with van der Waals surface area (Å²) < 4.78 is 60.0. The molecule has 0 amide bonds. The molecule has 0 aromatic heterocycles. The Bertz CT molecular complexity index is 591.